The number of anilines is 2. The highest BCUT2D eigenvalue weighted by Crippen LogP contribution is 2.27. The molecule has 2 fully saturated rings. The van der Waals surface area contributed by atoms with Gasteiger partial charge in [0.25, 0.3) is 5.91 Å². The standard InChI is InChI=1S/C35H49FN8O4/c1-23(2)44-24(3)37-21-30(44)31-29(36)20-38-33(40-31)39-26-10-8-25(9-11-26)32(45)43-15-12-27(22-43)41(7)18-19-47-28-13-16-42(17-14-28)34(46)48-35(4,5)6/h8-11,20-21,23,27-28H,12-19,22H2,1-7H3,(H,38,39,40)/t27-/m0/s1. The van der Waals surface area contributed by atoms with Crippen LogP contribution in [0.3, 0.4) is 0 Å². The molecule has 2 aliphatic heterocycles. The summed E-state index contributed by atoms with van der Waals surface area (Å²) in [4.78, 5) is 44.5. The molecule has 0 radical (unpaired) electrons. The van der Waals surface area contributed by atoms with Crippen molar-refractivity contribution in [3.05, 3.63) is 53.9 Å². The Morgan fingerprint density at radius 1 is 1.04 bits per heavy atom. The summed E-state index contributed by atoms with van der Waals surface area (Å²) in [6.07, 6.45) is 5.14. The van der Waals surface area contributed by atoms with Crippen LogP contribution in [0.1, 0.15) is 76.1 Å². The van der Waals surface area contributed by atoms with Crippen molar-refractivity contribution in [1.29, 1.82) is 0 Å². The zero-order valence-corrected chi connectivity index (χ0v) is 29.2. The van der Waals surface area contributed by atoms with Crippen molar-refractivity contribution in [1.82, 2.24) is 34.2 Å². The number of hydrogen-bond donors (Lipinski definition) is 1. The van der Waals surface area contributed by atoms with Crippen LogP contribution in [-0.2, 0) is 9.47 Å². The molecule has 0 saturated carbocycles. The van der Waals surface area contributed by atoms with Crippen LogP contribution in [0.4, 0.5) is 20.8 Å². The van der Waals surface area contributed by atoms with Gasteiger partial charge in [-0.2, -0.15) is 0 Å². The van der Waals surface area contributed by atoms with Crippen molar-refractivity contribution >= 4 is 23.6 Å². The number of nitrogens with zero attached hydrogens (tertiary/aromatic N) is 7. The summed E-state index contributed by atoms with van der Waals surface area (Å²) >= 11 is 0. The van der Waals surface area contributed by atoms with Gasteiger partial charge in [-0.3, -0.25) is 9.69 Å². The number of carbonyl (C=O) groups is 2. The van der Waals surface area contributed by atoms with Gasteiger partial charge in [0.15, 0.2) is 5.82 Å². The predicted octanol–water partition coefficient (Wildman–Crippen LogP) is 5.67. The number of rotatable bonds is 10. The zero-order valence-electron chi connectivity index (χ0n) is 29.2. The first-order chi connectivity index (χ1) is 22.8. The number of hydrogen-bond acceptors (Lipinski definition) is 9. The molecule has 13 heteroatoms. The number of piperidine rings is 1. The third-order valence-corrected chi connectivity index (χ3v) is 8.84. The number of aryl methyl sites for hydroxylation is 1. The molecule has 2 aliphatic rings. The monoisotopic (exact) mass is 664 g/mol. The van der Waals surface area contributed by atoms with Crippen molar-refractivity contribution in [3.63, 3.8) is 0 Å². The predicted molar refractivity (Wildman–Crippen MR) is 182 cm³/mol. The summed E-state index contributed by atoms with van der Waals surface area (Å²) in [5.41, 5.74) is 1.55. The number of amides is 2. The van der Waals surface area contributed by atoms with E-state index in [1.807, 2.05) is 51.0 Å². The fraction of sp³-hybridized carbons (Fsp3) is 0.571. The van der Waals surface area contributed by atoms with Crippen molar-refractivity contribution in [2.24, 2.45) is 0 Å². The largest absolute Gasteiger partial charge is 0.444 e. The Balaban J connectivity index is 1.07. The van der Waals surface area contributed by atoms with Crippen LogP contribution < -0.4 is 5.32 Å². The fourth-order valence-electron chi connectivity index (χ4n) is 6.26. The molecule has 0 unspecified atom stereocenters. The first-order valence-electron chi connectivity index (χ1n) is 16.8. The maximum Gasteiger partial charge on any atom is 0.410 e. The van der Waals surface area contributed by atoms with Gasteiger partial charge < -0.3 is 29.2 Å². The second-order valence-electron chi connectivity index (χ2n) is 14.0. The van der Waals surface area contributed by atoms with E-state index in [4.69, 9.17) is 9.47 Å². The number of carbonyl (C=O) groups excluding carboxylic acids is 2. The number of likely N-dealkylation sites (N-methyl/N-ethyl adjacent to an activating group) is 1. The van der Waals surface area contributed by atoms with Crippen molar-refractivity contribution in [2.45, 2.75) is 84.6 Å². The van der Waals surface area contributed by atoms with Gasteiger partial charge in [-0.25, -0.2) is 24.1 Å². The molecule has 4 heterocycles. The van der Waals surface area contributed by atoms with Crippen LogP contribution in [0.15, 0.2) is 36.7 Å². The molecule has 2 aromatic heterocycles. The highest BCUT2D eigenvalue weighted by atomic mass is 19.1. The van der Waals surface area contributed by atoms with Gasteiger partial charge in [-0.1, -0.05) is 0 Å². The van der Waals surface area contributed by atoms with Crippen LogP contribution in [0, 0.1) is 12.7 Å². The van der Waals surface area contributed by atoms with Crippen molar-refractivity contribution in [3.8, 4) is 11.4 Å². The second-order valence-corrected chi connectivity index (χ2v) is 14.0. The van der Waals surface area contributed by atoms with E-state index in [1.165, 1.54) is 0 Å². The lowest BCUT2D eigenvalue weighted by molar-refractivity contribution is -0.0164. The summed E-state index contributed by atoms with van der Waals surface area (Å²) < 4.78 is 28.3. The van der Waals surface area contributed by atoms with E-state index in [0.717, 1.165) is 37.8 Å². The molecule has 1 aromatic carbocycles. The maximum absolute atomic E-state index is 14.8. The number of aromatic nitrogens is 4. The molecule has 1 N–H and O–H groups in total. The Kier molecular flexibility index (Phi) is 11.0. The van der Waals surface area contributed by atoms with E-state index in [2.05, 4.69) is 32.2 Å². The highest BCUT2D eigenvalue weighted by molar-refractivity contribution is 5.94. The summed E-state index contributed by atoms with van der Waals surface area (Å²) in [6.45, 7) is 15.5. The molecule has 2 amide bonds. The van der Waals surface area contributed by atoms with Gasteiger partial charge in [0.1, 0.15) is 17.1 Å². The average Bonchev–Trinajstić information content (AvgIpc) is 3.69. The normalized spacial score (nSPS) is 17.4. The van der Waals surface area contributed by atoms with E-state index in [0.29, 0.717) is 49.7 Å². The molecule has 2 saturated heterocycles. The van der Waals surface area contributed by atoms with Gasteiger partial charge in [-0.05, 0) is 92.1 Å². The van der Waals surface area contributed by atoms with Crippen LogP contribution in [-0.4, -0.2) is 110 Å². The van der Waals surface area contributed by atoms with Gasteiger partial charge in [0.05, 0.1) is 30.8 Å². The minimum absolute atomic E-state index is 0.0110. The number of nitrogens with one attached hydrogen (secondary N) is 1. The lowest BCUT2D eigenvalue weighted by Crippen LogP contribution is -2.44. The van der Waals surface area contributed by atoms with Gasteiger partial charge in [0, 0.05) is 56.1 Å². The lowest BCUT2D eigenvalue weighted by Gasteiger charge is -2.33. The Hall–Kier alpha value is -4.10. The lowest BCUT2D eigenvalue weighted by atomic mass is 10.1. The number of imidazole rings is 1. The number of likely N-dealkylation sites (tertiary alicyclic amines) is 2. The highest BCUT2D eigenvalue weighted by Gasteiger charge is 2.30. The van der Waals surface area contributed by atoms with E-state index >= 15 is 0 Å². The fourth-order valence-corrected chi connectivity index (χ4v) is 6.26. The molecule has 48 heavy (non-hydrogen) atoms. The smallest absolute Gasteiger partial charge is 0.410 e. The number of benzene rings is 1. The summed E-state index contributed by atoms with van der Waals surface area (Å²) in [6, 6.07) is 7.52. The summed E-state index contributed by atoms with van der Waals surface area (Å²) in [5, 5.41) is 3.13. The van der Waals surface area contributed by atoms with E-state index in [9.17, 15) is 14.0 Å². The van der Waals surface area contributed by atoms with Crippen LogP contribution in [0.25, 0.3) is 11.4 Å². The Labute approximate surface area is 282 Å². The van der Waals surface area contributed by atoms with Gasteiger partial charge in [0.2, 0.25) is 5.95 Å². The Morgan fingerprint density at radius 2 is 1.73 bits per heavy atom. The molecular formula is C35H49FN8O4. The topological polar surface area (TPSA) is 118 Å². The van der Waals surface area contributed by atoms with Gasteiger partial charge >= 0.3 is 6.09 Å². The quantitative estimate of drug-likeness (QED) is 0.292. The van der Waals surface area contributed by atoms with Crippen molar-refractivity contribution < 1.29 is 23.5 Å². The minimum Gasteiger partial charge on any atom is -0.444 e. The average molecular weight is 665 g/mol. The minimum atomic E-state index is -0.525. The first-order valence-corrected chi connectivity index (χ1v) is 16.8. The summed E-state index contributed by atoms with van der Waals surface area (Å²) in [5.74, 6) is 0.495. The third-order valence-electron chi connectivity index (χ3n) is 8.84. The Bertz CT molecular complexity index is 1560. The molecule has 260 valence electrons. The molecule has 0 bridgehead atoms. The maximum atomic E-state index is 14.8. The second kappa shape index (κ2) is 15.0. The molecule has 12 nitrogen and oxygen atoms in total. The molecule has 1 atom stereocenters. The molecule has 0 aliphatic carbocycles. The van der Waals surface area contributed by atoms with Gasteiger partial charge in [-0.15, -0.1) is 0 Å². The molecular weight excluding hydrogens is 615 g/mol. The van der Waals surface area contributed by atoms with Crippen LogP contribution >= 0.6 is 0 Å². The first kappa shape index (κ1) is 35.2. The molecule has 5 rings (SSSR count). The van der Waals surface area contributed by atoms with Crippen LogP contribution in [0.5, 0.6) is 0 Å². The zero-order chi connectivity index (χ0) is 34.6. The third kappa shape index (κ3) is 8.67. The van der Waals surface area contributed by atoms with E-state index in [-0.39, 0.29) is 41.8 Å². The van der Waals surface area contributed by atoms with Crippen molar-refractivity contribution in [2.75, 3.05) is 51.7 Å². The van der Waals surface area contributed by atoms with Crippen LogP contribution in [0.2, 0.25) is 0 Å². The molecule has 3 aromatic rings. The van der Waals surface area contributed by atoms with E-state index in [1.54, 1.807) is 35.4 Å². The number of halogens is 1. The number of ether oxygens (including phenoxy) is 2. The Morgan fingerprint density at radius 3 is 2.40 bits per heavy atom. The molecule has 0 spiro atoms. The summed E-state index contributed by atoms with van der Waals surface area (Å²) in [7, 11) is 2.08. The van der Waals surface area contributed by atoms with E-state index < -0.39 is 11.4 Å². The SMILES string of the molecule is Cc1ncc(-c2nc(Nc3ccc(C(=O)N4CC[C@H](N(C)CCOC5CCN(C(=O)OC(C)(C)C)CC5)C4)cc3)ncc2F)n1C(C)C.